The van der Waals surface area contributed by atoms with Crippen molar-refractivity contribution in [3.8, 4) is 11.8 Å². The first-order chi connectivity index (χ1) is 12.4. The molecule has 6 nitrogen and oxygen atoms in total. The van der Waals surface area contributed by atoms with Gasteiger partial charge >= 0.3 is 5.97 Å². The molecular formula is C18H15ClN2O4S. The zero-order valence-electron chi connectivity index (χ0n) is 13.7. The van der Waals surface area contributed by atoms with Gasteiger partial charge in [0.15, 0.2) is 0 Å². The summed E-state index contributed by atoms with van der Waals surface area (Å²) in [4.78, 5) is 12.2. The van der Waals surface area contributed by atoms with Crippen LogP contribution in [0.25, 0.3) is 0 Å². The number of esters is 1. The smallest absolute Gasteiger partial charge is 0.343 e. The SMILES string of the molecule is N#Cc1ccc(OC(=O)c2ccc(Cl)c(S(=O)(=O)N3CCCC3)c2)cc1. The molecule has 3 rings (SSSR count). The number of halogens is 1. The van der Waals surface area contributed by atoms with Gasteiger partial charge in [-0.2, -0.15) is 9.57 Å². The lowest BCUT2D eigenvalue weighted by atomic mass is 10.2. The van der Waals surface area contributed by atoms with Crippen LogP contribution in [-0.2, 0) is 10.0 Å². The number of carbonyl (C=O) groups excluding carboxylic acids is 1. The Bertz CT molecular complexity index is 975. The topological polar surface area (TPSA) is 87.5 Å². The molecule has 0 saturated carbocycles. The lowest BCUT2D eigenvalue weighted by Gasteiger charge is -2.17. The molecule has 8 heteroatoms. The largest absolute Gasteiger partial charge is 0.423 e. The van der Waals surface area contributed by atoms with Crippen molar-refractivity contribution in [2.45, 2.75) is 17.7 Å². The van der Waals surface area contributed by atoms with Crippen molar-refractivity contribution < 1.29 is 17.9 Å². The van der Waals surface area contributed by atoms with E-state index in [0.29, 0.717) is 18.7 Å². The fourth-order valence-corrected chi connectivity index (χ4v) is 4.68. The molecule has 0 unspecified atom stereocenters. The Labute approximate surface area is 156 Å². The van der Waals surface area contributed by atoms with Gasteiger partial charge in [0.2, 0.25) is 10.0 Å². The Hall–Kier alpha value is -2.40. The molecule has 0 N–H and O–H groups in total. The van der Waals surface area contributed by atoms with E-state index in [1.165, 1.54) is 46.8 Å². The normalized spacial score (nSPS) is 14.8. The number of ether oxygens (including phenoxy) is 1. The number of rotatable bonds is 4. The summed E-state index contributed by atoms with van der Waals surface area (Å²) in [7, 11) is -3.75. The van der Waals surface area contributed by atoms with Gasteiger partial charge in [-0.05, 0) is 55.3 Å². The predicted molar refractivity (Wildman–Crippen MR) is 95.6 cm³/mol. The number of benzene rings is 2. The van der Waals surface area contributed by atoms with Crippen LogP contribution in [0, 0.1) is 11.3 Å². The molecule has 1 fully saturated rings. The van der Waals surface area contributed by atoms with Gasteiger partial charge in [-0.25, -0.2) is 13.2 Å². The van der Waals surface area contributed by atoms with Crippen LogP contribution in [-0.4, -0.2) is 31.8 Å². The van der Waals surface area contributed by atoms with Crippen LogP contribution in [0.5, 0.6) is 5.75 Å². The maximum atomic E-state index is 12.7. The van der Waals surface area contributed by atoms with E-state index in [1.54, 1.807) is 0 Å². The first-order valence-corrected chi connectivity index (χ1v) is 9.75. The summed E-state index contributed by atoms with van der Waals surface area (Å²) in [6, 6.07) is 12.0. The first-order valence-electron chi connectivity index (χ1n) is 7.94. The molecule has 2 aromatic rings. The van der Waals surface area contributed by atoms with Crippen molar-refractivity contribution in [1.82, 2.24) is 4.31 Å². The van der Waals surface area contributed by atoms with Gasteiger partial charge in [0.1, 0.15) is 10.6 Å². The number of sulfonamides is 1. The van der Waals surface area contributed by atoms with Crippen LogP contribution in [0.15, 0.2) is 47.4 Å². The van der Waals surface area contributed by atoms with Crippen LogP contribution in [0.3, 0.4) is 0 Å². The van der Waals surface area contributed by atoms with E-state index in [9.17, 15) is 13.2 Å². The van der Waals surface area contributed by atoms with Crippen molar-refractivity contribution in [2.75, 3.05) is 13.1 Å². The monoisotopic (exact) mass is 390 g/mol. The minimum absolute atomic E-state index is 0.0619. The number of hydrogen-bond donors (Lipinski definition) is 0. The summed E-state index contributed by atoms with van der Waals surface area (Å²) < 4.78 is 32.0. The standard InChI is InChI=1S/C18H15ClN2O4S/c19-16-8-5-14(11-17(16)26(23,24)21-9-1-2-10-21)18(22)25-15-6-3-13(12-20)4-7-15/h3-8,11H,1-2,9-10H2. The third kappa shape index (κ3) is 3.73. The van der Waals surface area contributed by atoms with Gasteiger partial charge < -0.3 is 4.74 Å². The fourth-order valence-electron chi connectivity index (χ4n) is 2.66. The second-order valence-electron chi connectivity index (χ2n) is 5.78. The third-order valence-corrected chi connectivity index (χ3v) is 6.42. The Morgan fingerprint density at radius 2 is 1.77 bits per heavy atom. The molecule has 0 spiro atoms. The third-order valence-electron chi connectivity index (χ3n) is 4.04. The lowest BCUT2D eigenvalue weighted by molar-refractivity contribution is 0.0734. The molecule has 0 aromatic heterocycles. The zero-order valence-corrected chi connectivity index (χ0v) is 15.3. The molecule has 1 saturated heterocycles. The van der Waals surface area contributed by atoms with Gasteiger partial charge in [-0.1, -0.05) is 11.6 Å². The average Bonchev–Trinajstić information content (AvgIpc) is 3.18. The van der Waals surface area contributed by atoms with Crippen LogP contribution >= 0.6 is 11.6 Å². The lowest BCUT2D eigenvalue weighted by Crippen LogP contribution is -2.28. The molecule has 0 radical (unpaired) electrons. The number of carbonyl (C=O) groups is 1. The second kappa shape index (κ2) is 7.46. The summed E-state index contributed by atoms with van der Waals surface area (Å²) in [6.45, 7) is 0.886. The van der Waals surface area contributed by atoms with E-state index in [4.69, 9.17) is 21.6 Å². The van der Waals surface area contributed by atoms with Crippen molar-refractivity contribution in [3.05, 3.63) is 58.6 Å². The Balaban J connectivity index is 1.86. The molecule has 26 heavy (non-hydrogen) atoms. The molecule has 1 heterocycles. The summed E-state index contributed by atoms with van der Waals surface area (Å²) >= 11 is 6.07. The molecule has 134 valence electrons. The molecule has 0 bridgehead atoms. The van der Waals surface area contributed by atoms with Crippen LogP contribution in [0.4, 0.5) is 0 Å². The van der Waals surface area contributed by atoms with Gasteiger partial charge in [0.25, 0.3) is 0 Å². The highest BCUT2D eigenvalue weighted by atomic mass is 35.5. The van der Waals surface area contributed by atoms with E-state index in [2.05, 4.69) is 0 Å². The molecular weight excluding hydrogens is 376 g/mol. The first kappa shape index (κ1) is 18.4. The number of hydrogen-bond acceptors (Lipinski definition) is 5. The molecule has 0 amide bonds. The van der Waals surface area contributed by atoms with Crippen LogP contribution in [0.1, 0.15) is 28.8 Å². The average molecular weight is 391 g/mol. The number of nitriles is 1. The Kier molecular flexibility index (Phi) is 5.28. The van der Waals surface area contributed by atoms with Gasteiger partial charge in [-0.15, -0.1) is 0 Å². The van der Waals surface area contributed by atoms with E-state index in [0.717, 1.165) is 12.8 Å². The Morgan fingerprint density at radius 3 is 2.38 bits per heavy atom. The summed E-state index contributed by atoms with van der Waals surface area (Å²) in [6.07, 6.45) is 1.61. The van der Waals surface area contributed by atoms with Gasteiger partial charge in [0, 0.05) is 13.1 Å². The van der Waals surface area contributed by atoms with Crippen molar-refractivity contribution in [1.29, 1.82) is 5.26 Å². The summed E-state index contributed by atoms with van der Waals surface area (Å²) in [5.74, 6) is -0.447. The minimum atomic E-state index is -3.75. The Morgan fingerprint density at radius 1 is 1.12 bits per heavy atom. The van der Waals surface area contributed by atoms with E-state index < -0.39 is 16.0 Å². The van der Waals surface area contributed by atoms with Crippen LogP contribution in [0.2, 0.25) is 5.02 Å². The molecule has 1 aliphatic rings. The summed E-state index contributed by atoms with van der Waals surface area (Å²) in [5.41, 5.74) is 0.520. The van der Waals surface area contributed by atoms with E-state index >= 15 is 0 Å². The van der Waals surface area contributed by atoms with Crippen LogP contribution < -0.4 is 4.74 Å². The highest BCUT2D eigenvalue weighted by Gasteiger charge is 2.30. The molecule has 0 atom stereocenters. The molecule has 0 aliphatic carbocycles. The second-order valence-corrected chi connectivity index (χ2v) is 8.10. The van der Waals surface area contributed by atoms with Gasteiger partial charge in [-0.3, -0.25) is 0 Å². The maximum absolute atomic E-state index is 12.7. The quantitative estimate of drug-likeness (QED) is 0.590. The highest BCUT2D eigenvalue weighted by molar-refractivity contribution is 7.89. The molecule has 1 aliphatic heterocycles. The van der Waals surface area contributed by atoms with E-state index in [1.807, 2.05) is 6.07 Å². The van der Waals surface area contributed by atoms with Crippen molar-refractivity contribution >= 4 is 27.6 Å². The van der Waals surface area contributed by atoms with Gasteiger partial charge in [0.05, 0.1) is 22.2 Å². The van der Waals surface area contributed by atoms with Crippen molar-refractivity contribution in [2.24, 2.45) is 0 Å². The zero-order chi connectivity index (χ0) is 18.7. The minimum Gasteiger partial charge on any atom is -0.423 e. The predicted octanol–water partition coefficient (Wildman–Crippen LogP) is 3.22. The molecule has 2 aromatic carbocycles. The maximum Gasteiger partial charge on any atom is 0.343 e. The fraction of sp³-hybridized carbons (Fsp3) is 0.222. The summed E-state index contributed by atoms with van der Waals surface area (Å²) in [5, 5.41) is 8.84. The number of nitrogens with zero attached hydrogens (tertiary/aromatic N) is 2. The highest BCUT2D eigenvalue weighted by Crippen LogP contribution is 2.28. The van der Waals surface area contributed by atoms with E-state index in [-0.39, 0.29) is 21.2 Å². The van der Waals surface area contributed by atoms with Crippen molar-refractivity contribution in [3.63, 3.8) is 0 Å².